The predicted molar refractivity (Wildman–Crippen MR) is 74.4 cm³/mol. The molecule has 0 aromatic rings. The number of unbranched alkanes of at least 4 members (excludes halogenated alkanes) is 1. The van der Waals surface area contributed by atoms with Gasteiger partial charge in [-0.3, -0.25) is 0 Å². The average Bonchev–Trinajstić information content (AvgIpc) is 2.86. The van der Waals surface area contributed by atoms with Crippen LogP contribution < -0.4 is 5.32 Å². The Labute approximate surface area is 108 Å². The van der Waals surface area contributed by atoms with E-state index in [9.17, 15) is 0 Å². The second kappa shape index (κ2) is 9.90. The van der Waals surface area contributed by atoms with Crippen molar-refractivity contribution in [2.24, 2.45) is 5.92 Å². The number of ether oxygens (including phenoxy) is 1. The molecule has 0 aromatic heterocycles. The van der Waals surface area contributed by atoms with Gasteiger partial charge in [-0.15, -0.1) is 0 Å². The van der Waals surface area contributed by atoms with E-state index >= 15 is 0 Å². The summed E-state index contributed by atoms with van der Waals surface area (Å²) >= 11 is 0. The summed E-state index contributed by atoms with van der Waals surface area (Å²) < 4.78 is 5.70. The zero-order chi connectivity index (χ0) is 12.3. The minimum Gasteiger partial charge on any atom is -0.381 e. The molecule has 0 radical (unpaired) electrons. The normalized spacial score (nSPS) is 18.7. The van der Waals surface area contributed by atoms with Crippen molar-refractivity contribution < 1.29 is 4.74 Å². The van der Waals surface area contributed by atoms with Gasteiger partial charge >= 0.3 is 0 Å². The molecular formula is C15H31NO. The van der Waals surface area contributed by atoms with Gasteiger partial charge in [-0.2, -0.15) is 0 Å². The smallest absolute Gasteiger partial charge is 0.0480 e. The second-order valence-electron chi connectivity index (χ2n) is 5.36. The summed E-state index contributed by atoms with van der Waals surface area (Å²) in [4.78, 5) is 0. The summed E-state index contributed by atoms with van der Waals surface area (Å²) in [5, 5.41) is 3.72. The molecule has 0 bridgehead atoms. The molecule has 1 atom stereocenters. The van der Waals surface area contributed by atoms with E-state index in [2.05, 4.69) is 19.2 Å². The first-order chi connectivity index (χ1) is 8.38. The summed E-state index contributed by atoms with van der Waals surface area (Å²) in [5.41, 5.74) is 0. The van der Waals surface area contributed by atoms with Crippen molar-refractivity contribution in [2.75, 3.05) is 19.8 Å². The van der Waals surface area contributed by atoms with E-state index in [0.29, 0.717) is 6.04 Å². The second-order valence-corrected chi connectivity index (χ2v) is 5.36. The Morgan fingerprint density at radius 1 is 1.12 bits per heavy atom. The van der Waals surface area contributed by atoms with E-state index in [1.54, 1.807) is 0 Å². The lowest BCUT2D eigenvalue weighted by Crippen LogP contribution is -2.36. The molecule has 1 unspecified atom stereocenters. The van der Waals surface area contributed by atoms with E-state index < -0.39 is 0 Å². The Kier molecular flexibility index (Phi) is 8.72. The van der Waals surface area contributed by atoms with Gasteiger partial charge in [-0.1, -0.05) is 33.1 Å². The van der Waals surface area contributed by atoms with Gasteiger partial charge in [0.1, 0.15) is 0 Å². The molecule has 102 valence electrons. The van der Waals surface area contributed by atoms with Crippen LogP contribution in [0.15, 0.2) is 0 Å². The lowest BCUT2D eigenvalue weighted by atomic mass is 9.95. The summed E-state index contributed by atoms with van der Waals surface area (Å²) in [7, 11) is 0. The highest BCUT2D eigenvalue weighted by Gasteiger charge is 2.23. The summed E-state index contributed by atoms with van der Waals surface area (Å²) in [6.45, 7) is 7.51. The van der Waals surface area contributed by atoms with Crippen LogP contribution in [-0.4, -0.2) is 25.8 Å². The summed E-state index contributed by atoms with van der Waals surface area (Å²) in [6.07, 6.45) is 10.6. The van der Waals surface area contributed by atoms with Crippen LogP contribution in [-0.2, 0) is 4.74 Å². The number of rotatable bonds is 10. The highest BCUT2D eigenvalue weighted by atomic mass is 16.5. The van der Waals surface area contributed by atoms with Crippen LogP contribution in [0.4, 0.5) is 0 Å². The van der Waals surface area contributed by atoms with E-state index in [1.165, 1.54) is 51.4 Å². The van der Waals surface area contributed by atoms with E-state index in [4.69, 9.17) is 4.74 Å². The fourth-order valence-electron chi connectivity index (χ4n) is 2.75. The van der Waals surface area contributed by atoms with Crippen molar-refractivity contribution in [3.63, 3.8) is 0 Å². The minimum absolute atomic E-state index is 0.707. The highest BCUT2D eigenvalue weighted by molar-refractivity contribution is 4.80. The maximum Gasteiger partial charge on any atom is 0.0480 e. The molecule has 1 N–H and O–H groups in total. The Morgan fingerprint density at radius 2 is 1.88 bits per heavy atom. The van der Waals surface area contributed by atoms with Crippen molar-refractivity contribution in [2.45, 2.75) is 71.3 Å². The molecule has 1 aliphatic rings. The molecule has 0 aromatic carbocycles. The van der Waals surface area contributed by atoms with Gasteiger partial charge in [-0.25, -0.2) is 0 Å². The molecule has 1 rings (SSSR count). The fraction of sp³-hybridized carbons (Fsp3) is 1.00. The van der Waals surface area contributed by atoms with Crippen LogP contribution >= 0.6 is 0 Å². The molecule has 2 nitrogen and oxygen atoms in total. The Morgan fingerprint density at radius 3 is 2.53 bits per heavy atom. The molecule has 0 aliphatic heterocycles. The number of hydrogen-bond acceptors (Lipinski definition) is 2. The largest absolute Gasteiger partial charge is 0.381 e. The first kappa shape index (κ1) is 15.0. The maximum absolute atomic E-state index is 5.70. The zero-order valence-corrected chi connectivity index (χ0v) is 11.8. The highest BCUT2D eigenvalue weighted by Crippen LogP contribution is 2.29. The summed E-state index contributed by atoms with van der Waals surface area (Å²) in [5.74, 6) is 0.913. The fourth-order valence-corrected chi connectivity index (χ4v) is 2.75. The van der Waals surface area contributed by atoms with Gasteiger partial charge in [0.2, 0.25) is 0 Å². The lowest BCUT2D eigenvalue weighted by Gasteiger charge is -2.24. The third kappa shape index (κ3) is 6.42. The van der Waals surface area contributed by atoms with Crippen LogP contribution in [0.5, 0.6) is 0 Å². The Balaban J connectivity index is 2.15. The Hall–Kier alpha value is -0.0800. The van der Waals surface area contributed by atoms with Crippen LogP contribution in [0.1, 0.15) is 65.2 Å². The number of nitrogens with one attached hydrogen (secondary N) is 1. The first-order valence-electron chi connectivity index (χ1n) is 7.69. The monoisotopic (exact) mass is 241 g/mol. The van der Waals surface area contributed by atoms with Crippen LogP contribution in [0.25, 0.3) is 0 Å². The molecule has 2 heteroatoms. The third-order valence-electron chi connectivity index (χ3n) is 3.84. The van der Waals surface area contributed by atoms with Gasteiger partial charge in [0.05, 0.1) is 0 Å². The quantitative estimate of drug-likeness (QED) is 0.588. The SMILES string of the molecule is CCCCOCCC(NCCC)C1CCCC1. The molecule has 1 aliphatic carbocycles. The minimum atomic E-state index is 0.707. The van der Waals surface area contributed by atoms with Crippen LogP contribution in [0.2, 0.25) is 0 Å². The standard InChI is InChI=1S/C15H31NO/c1-3-5-12-17-13-10-15(16-11-4-2)14-8-6-7-9-14/h14-16H,3-13H2,1-2H3. The van der Waals surface area contributed by atoms with Gasteiger partial charge in [0.15, 0.2) is 0 Å². The van der Waals surface area contributed by atoms with Gasteiger partial charge in [0, 0.05) is 19.3 Å². The predicted octanol–water partition coefficient (Wildman–Crippen LogP) is 3.75. The van der Waals surface area contributed by atoms with Crippen LogP contribution in [0, 0.1) is 5.92 Å². The van der Waals surface area contributed by atoms with E-state index in [0.717, 1.165) is 25.7 Å². The van der Waals surface area contributed by atoms with E-state index in [1.807, 2.05) is 0 Å². The van der Waals surface area contributed by atoms with Crippen molar-refractivity contribution >= 4 is 0 Å². The van der Waals surface area contributed by atoms with Crippen LogP contribution in [0.3, 0.4) is 0 Å². The maximum atomic E-state index is 5.70. The van der Waals surface area contributed by atoms with Gasteiger partial charge in [0.25, 0.3) is 0 Å². The molecule has 0 amide bonds. The van der Waals surface area contributed by atoms with Gasteiger partial charge in [-0.05, 0) is 44.6 Å². The van der Waals surface area contributed by atoms with Crippen molar-refractivity contribution in [3.05, 3.63) is 0 Å². The molecule has 0 spiro atoms. The van der Waals surface area contributed by atoms with Crippen molar-refractivity contribution in [1.82, 2.24) is 5.32 Å². The molecule has 0 saturated heterocycles. The topological polar surface area (TPSA) is 21.3 Å². The molecular weight excluding hydrogens is 210 g/mol. The molecule has 0 heterocycles. The lowest BCUT2D eigenvalue weighted by molar-refractivity contribution is 0.114. The first-order valence-corrected chi connectivity index (χ1v) is 7.69. The van der Waals surface area contributed by atoms with Crippen molar-refractivity contribution in [3.8, 4) is 0 Å². The molecule has 1 saturated carbocycles. The molecule has 17 heavy (non-hydrogen) atoms. The summed E-state index contributed by atoms with van der Waals surface area (Å²) in [6, 6.07) is 0.707. The van der Waals surface area contributed by atoms with Crippen molar-refractivity contribution in [1.29, 1.82) is 0 Å². The number of hydrogen-bond donors (Lipinski definition) is 1. The van der Waals surface area contributed by atoms with E-state index in [-0.39, 0.29) is 0 Å². The molecule has 1 fully saturated rings. The Bertz CT molecular complexity index is 166. The van der Waals surface area contributed by atoms with Gasteiger partial charge < -0.3 is 10.1 Å². The zero-order valence-electron chi connectivity index (χ0n) is 11.8. The average molecular weight is 241 g/mol. The third-order valence-corrected chi connectivity index (χ3v) is 3.84.